The number of hydrogen-bond acceptors (Lipinski definition) is 11. The third-order valence-electron chi connectivity index (χ3n) is 4.70. The van der Waals surface area contributed by atoms with Crippen molar-refractivity contribution in [1.29, 1.82) is 0 Å². The normalized spacial score (nSPS) is 11.3. The predicted octanol–water partition coefficient (Wildman–Crippen LogP) is 1.11. The molecule has 0 aliphatic carbocycles. The summed E-state index contributed by atoms with van der Waals surface area (Å²) in [6.45, 7) is 1.11. The van der Waals surface area contributed by atoms with Crippen LogP contribution in [0, 0.1) is 0 Å². The molecule has 0 amide bonds. The van der Waals surface area contributed by atoms with Crippen molar-refractivity contribution in [3.8, 4) is 28.7 Å². The van der Waals surface area contributed by atoms with Gasteiger partial charge < -0.3 is 5.73 Å². The summed E-state index contributed by atoms with van der Waals surface area (Å²) >= 11 is 0. The van der Waals surface area contributed by atoms with Gasteiger partial charge in [-0.1, -0.05) is 11.3 Å². The van der Waals surface area contributed by atoms with E-state index in [1.165, 1.54) is 4.68 Å². The lowest BCUT2D eigenvalue weighted by Crippen LogP contribution is -2.20. The largest absolute Gasteiger partial charge is 0.378 e. The quantitative estimate of drug-likeness (QED) is 0.379. The van der Waals surface area contributed by atoms with Crippen LogP contribution in [-0.2, 0) is 13.1 Å². The van der Waals surface area contributed by atoms with E-state index in [1.54, 1.807) is 18.6 Å². The van der Waals surface area contributed by atoms with Crippen molar-refractivity contribution in [2.45, 2.75) is 13.1 Å². The van der Waals surface area contributed by atoms with Gasteiger partial charge in [-0.05, 0) is 41.1 Å². The first-order valence-electron chi connectivity index (χ1n) is 9.62. The second-order valence-corrected chi connectivity index (χ2v) is 7.05. The van der Waals surface area contributed by atoms with Gasteiger partial charge in [-0.15, -0.1) is 5.10 Å². The van der Waals surface area contributed by atoms with Crippen LogP contribution in [0.25, 0.3) is 28.7 Å². The van der Waals surface area contributed by atoms with Crippen LogP contribution in [0.4, 0.5) is 5.82 Å². The summed E-state index contributed by atoms with van der Waals surface area (Å²) in [4.78, 5) is 14.9. The summed E-state index contributed by atoms with van der Waals surface area (Å²) in [7, 11) is 1.97. The molecule has 0 saturated heterocycles. The smallest absolute Gasteiger partial charge is 0.243 e. The third-order valence-corrected chi connectivity index (χ3v) is 4.70. The first kappa shape index (κ1) is 19.4. The highest BCUT2D eigenvalue weighted by Gasteiger charge is 2.24. The zero-order valence-corrected chi connectivity index (χ0v) is 17.0. The number of nitrogens with two attached hydrogens (primary N) is 1. The van der Waals surface area contributed by atoms with Crippen LogP contribution < -0.4 is 5.73 Å². The Labute approximate surface area is 181 Å². The summed E-state index contributed by atoms with van der Waals surface area (Å²) in [5, 5.41) is 23.3. The minimum absolute atomic E-state index is 0.104. The number of nitrogens with one attached hydrogen (secondary N) is 1. The Morgan fingerprint density at radius 1 is 1.09 bits per heavy atom. The number of H-pyrrole nitrogens is 1. The molecular formula is C19H18N12O. The van der Waals surface area contributed by atoms with Gasteiger partial charge in [-0.3, -0.25) is 20.0 Å². The van der Waals surface area contributed by atoms with Crippen LogP contribution in [0.3, 0.4) is 0 Å². The molecule has 5 heterocycles. The maximum absolute atomic E-state index is 5.90. The fourth-order valence-electron chi connectivity index (χ4n) is 3.25. The van der Waals surface area contributed by atoms with E-state index in [9.17, 15) is 0 Å². The lowest BCUT2D eigenvalue weighted by molar-refractivity contribution is 0.301. The second kappa shape index (κ2) is 8.31. The molecule has 0 fully saturated rings. The molecule has 5 aromatic rings. The Balaban J connectivity index is 1.51. The van der Waals surface area contributed by atoms with Crippen LogP contribution in [-0.4, -0.2) is 62.4 Å². The van der Waals surface area contributed by atoms with Gasteiger partial charge in [0.1, 0.15) is 0 Å². The van der Waals surface area contributed by atoms with E-state index in [1.807, 2.05) is 37.5 Å². The highest BCUT2D eigenvalue weighted by atomic mass is 16.6. The number of anilines is 1. The van der Waals surface area contributed by atoms with E-state index in [2.05, 4.69) is 50.7 Å². The highest BCUT2D eigenvalue weighted by Crippen LogP contribution is 2.25. The molecule has 13 nitrogen and oxygen atoms in total. The molecule has 0 radical (unpaired) electrons. The second-order valence-electron chi connectivity index (χ2n) is 7.05. The molecule has 0 spiro atoms. The van der Waals surface area contributed by atoms with Crippen molar-refractivity contribution < 1.29 is 4.63 Å². The van der Waals surface area contributed by atoms with Crippen molar-refractivity contribution in [2.75, 3.05) is 12.8 Å². The molecule has 0 bridgehead atoms. The van der Waals surface area contributed by atoms with Crippen LogP contribution in [0.15, 0.2) is 53.7 Å². The molecule has 0 aliphatic rings. The number of nitrogens with zero attached hydrogens (tertiary/aromatic N) is 10. The first-order chi connectivity index (χ1) is 15.7. The van der Waals surface area contributed by atoms with Crippen LogP contribution in [0.2, 0.25) is 0 Å². The lowest BCUT2D eigenvalue weighted by Gasteiger charge is -2.17. The van der Waals surface area contributed by atoms with Crippen molar-refractivity contribution in [3.05, 3.63) is 60.3 Å². The summed E-state index contributed by atoms with van der Waals surface area (Å²) < 4.78 is 6.25. The average Bonchev–Trinajstić information content (AvgIpc) is 3.55. The zero-order chi connectivity index (χ0) is 21.9. The average molecular weight is 430 g/mol. The van der Waals surface area contributed by atoms with Gasteiger partial charge in [0, 0.05) is 43.4 Å². The van der Waals surface area contributed by atoms with Crippen molar-refractivity contribution in [1.82, 2.24) is 55.4 Å². The number of rotatable bonds is 7. The van der Waals surface area contributed by atoms with E-state index in [4.69, 9.17) is 10.4 Å². The Morgan fingerprint density at radius 3 is 2.72 bits per heavy atom. The van der Waals surface area contributed by atoms with Crippen LogP contribution >= 0.6 is 0 Å². The minimum atomic E-state index is 0.104. The van der Waals surface area contributed by atoms with Crippen molar-refractivity contribution in [3.63, 3.8) is 0 Å². The first-order valence-corrected chi connectivity index (χ1v) is 9.62. The molecular weight excluding hydrogens is 412 g/mol. The minimum Gasteiger partial charge on any atom is -0.378 e. The van der Waals surface area contributed by atoms with Gasteiger partial charge in [0.15, 0.2) is 17.3 Å². The van der Waals surface area contributed by atoms with Crippen molar-refractivity contribution >= 4 is 5.82 Å². The number of nitrogen functional groups attached to an aromatic ring is 1. The van der Waals surface area contributed by atoms with Crippen molar-refractivity contribution in [2.24, 2.45) is 0 Å². The fourth-order valence-corrected chi connectivity index (χ4v) is 3.25. The third kappa shape index (κ3) is 3.79. The maximum Gasteiger partial charge on any atom is 0.243 e. The highest BCUT2D eigenvalue weighted by molar-refractivity contribution is 5.60. The monoisotopic (exact) mass is 430 g/mol. The molecule has 32 heavy (non-hydrogen) atoms. The molecule has 3 N–H and O–H groups in total. The SMILES string of the molecule is CN(Cc1cccnc1)Cc1c(-c2nc(-c3ccncc3)n[nH]2)nnn1-c1nonc1N. The van der Waals surface area contributed by atoms with Gasteiger partial charge in [0.25, 0.3) is 0 Å². The van der Waals surface area contributed by atoms with E-state index in [0.29, 0.717) is 36.1 Å². The number of aromatic amines is 1. The van der Waals surface area contributed by atoms with E-state index >= 15 is 0 Å². The van der Waals surface area contributed by atoms with Crippen LogP contribution in [0.5, 0.6) is 0 Å². The van der Waals surface area contributed by atoms with E-state index in [0.717, 1.165) is 11.1 Å². The number of hydrogen-bond donors (Lipinski definition) is 2. The molecule has 13 heteroatoms. The molecule has 0 aliphatic heterocycles. The maximum atomic E-state index is 5.90. The van der Waals surface area contributed by atoms with Gasteiger partial charge in [-0.25, -0.2) is 9.61 Å². The molecule has 160 valence electrons. The Bertz CT molecular complexity index is 1310. The standard InChI is InChI=1S/C19H18N12O/c1-30(10-12-3-2-6-22-9-12)11-14-15(24-29-31(14)19-16(20)27-32-28-19)18-23-17(25-26-18)13-4-7-21-8-5-13/h2-9H,10-11H2,1H3,(H2,20,27)(H,23,25,26). The van der Waals surface area contributed by atoms with Crippen LogP contribution in [0.1, 0.15) is 11.3 Å². The molecule has 5 rings (SSSR count). The summed E-state index contributed by atoms with van der Waals surface area (Å²) in [6.07, 6.45) is 6.93. The molecule has 0 unspecified atom stereocenters. The number of pyridine rings is 2. The van der Waals surface area contributed by atoms with E-state index in [-0.39, 0.29) is 11.6 Å². The predicted molar refractivity (Wildman–Crippen MR) is 112 cm³/mol. The summed E-state index contributed by atoms with van der Waals surface area (Å²) in [6, 6.07) is 7.57. The summed E-state index contributed by atoms with van der Waals surface area (Å²) in [5.41, 5.74) is 9.00. The Kier molecular flexibility index (Phi) is 5.05. The van der Waals surface area contributed by atoms with Gasteiger partial charge >= 0.3 is 0 Å². The zero-order valence-electron chi connectivity index (χ0n) is 17.0. The summed E-state index contributed by atoms with van der Waals surface area (Å²) in [5.74, 6) is 1.34. The van der Waals surface area contributed by atoms with Gasteiger partial charge in [-0.2, -0.15) is 9.78 Å². The Hall–Kier alpha value is -4.52. The van der Waals surface area contributed by atoms with Gasteiger partial charge in [0.05, 0.1) is 5.69 Å². The molecule has 0 atom stereocenters. The topological polar surface area (TPSA) is 166 Å². The van der Waals surface area contributed by atoms with Gasteiger partial charge in [0.2, 0.25) is 11.6 Å². The van der Waals surface area contributed by atoms with E-state index < -0.39 is 0 Å². The molecule has 5 aromatic heterocycles. The Morgan fingerprint density at radius 2 is 1.97 bits per heavy atom. The fraction of sp³-hybridized carbons (Fsp3) is 0.158. The molecule has 0 aromatic carbocycles. The number of aromatic nitrogens is 10. The lowest BCUT2D eigenvalue weighted by atomic mass is 10.2. The molecule has 0 saturated carbocycles.